The van der Waals surface area contributed by atoms with Gasteiger partial charge in [-0.1, -0.05) is 36.4 Å². The highest BCUT2D eigenvalue weighted by atomic mass is 16.7. The molecule has 2 amide bonds. The van der Waals surface area contributed by atoms with Crippen LogP contribution in [0.25, 0.3) is 11.1 Å². The van der Waals surface area contributed by atoms with E-state index < -0.39 is 167 Å². The Bertz CT molecular complexity index is 2790. The van der Waals surface area contributed by atoms with Gasteiger partial charge in [0.1, 0.15) is 78.4 Å². The molecule has 12 atom stereocenters. The lowest BCUT2D eigenvalue weighted by Crippen LogP contribution is -2.66. The number of aliphatic hydroxyl groups is 5. The second kappa shape index (κ2) is 19.8. The Kier molecular flexibility index (Phi) is 14.1. The van der Waals surface area contributed by atoms with Crippen molar-refractivity contribution in [3.63, 3.8) is 0 Å². The number of nitrogens with two attached hydrogens (primary N) is 1. The highest BCUT2D eigenvalue weighted by Gasteiger charge is 2.53. The summed E-state index contributed by atoms with van der Waals surface area (Å²) in [6, 6.07) is 10.3. The van der Waals surface area contributed by atoms with Gasteiger partial charge in [-0.3, -0.25) is 14.4 Å². The molecular weight excluding hydrogens is 939 g/mol. The van der Waals surface area contributed by atoms with Crippen molar-refractivity contribution in [1.82, 2.24) is 10.2 Å². The van der Waals surface area contributed by atoms with E-state index in [-0.39, 0.29) is 34.6 Å². The average molecular weight is 990 g/mol. The van der Waals surface area contributed by atoms with Crippen molar-refractivity contribution in [1.29, 1.82) is 0 Å². The van der Waals surface area contributed by atoms with Crippen molar-refractivity contribution in [2.75, 3.05) is 27.3 Å². The second-order valence-corrected chi connectivity index (χ2v) is 17.5. The van der Waals surface area contributed by atoms with E-state index in [1.807, 2.05) is 0 Å². The monoisotopic (exact) mass is 989 g/mol. The summed E-state index contributed by atoms with van der Waals surface area (Å²) in [4.78, 5) is 68.8. The molecule has 2 aliphatic carbocycles. The van der Waals surface area contributed by atoms with Crippen LogP contribution < -0.4 is 15.8 Å². The fourth-order valence-corrected chi connectivity index (χ4v) is 9.48. The van der Waals surface area contributed by atoms with Crippen LogP contribution in [0.4, 0.5) is 4.79 Å². The van der Waals surface area contributed by atoms with Gasteiger partial charge in [-0.15, -0.1) is 0 Å². The van der Waals surface area contributed by atoms with Gasteiger partial charge in [0.15, 0.2) is 24.1 Å². The van der Waals surface area contributed by atoms with Crippen LogP contribution in [0.2, 0.25) is 0 Å². The molecule has 378 valence electrons. The number of likely N-dealkylation sites (N-methyl/N-ethyl adjacent to an activating group) is 1. The number of nitrogens with zero attached hydrogens (tertiary/aromatic N) is 1. The summed E-state index contributed by atoms with van der Waals surface area (Å²) in [5.41, 5.74) is 2.19. The van der Waals surface area contributed by atoms with E-state index in [9.17, 15) is 69.9 Å². The Balaban J connectivity index is 1.23. The third-order valence-corrected chi connectivity index (χ3v) is 13.1. The molecule has 12 N–H and O–H groups in total. The maximum absolute atomic E-state index is 14.2. The van der Waals surface area contributed by atoms with Crippen LogP contribution in [0.3, 0.4) is 0 Å². The van der Waals surface area contributed by atoms with Crippen LogP contribution in [0.5, 0.6) is 23.0 Å². The predicted molar refractivity (Wildman–Crippen MR) is 239 cm³/mol. The molecule has 4 aromatic rings. The van der Waals surface area contributed by atoms with Gasteiger partial charge < -0.3 is 90.3 Å². The number of nitrogens with one attached hydrogen (secondary N) is 1. The van der Waals surface area contributed by atoms with Crippen molar-refractivity contribution >= 4 is 29.5 Å². The Morgan fingerprint density at radius 2 is 1.51 bits per heavy atom. The maximum Gasteiger partial charge on any atom is 0.410 e. The Hall–Kier alpha value is -6.77. The number of aryl methyl sites for hydroxylation is 1. The molecule has 23 heteroatoms. The molecule has 23 nitrogen and oxygen atoms in total. The number of aromatic hydroxyl groups is 3. The van der Waals surface area contributed by atoms with E-state index in [1.165, 1.54) is 40.1 Å². The van der Waals surface area contributed by atoms with Gasteiger partial charge in [-0.05, 0) is 48.2 Å². The zero-order valence-electron chi connectivity index (χ0n) is 38.3. The van der Waals surface area contributed by atoms with E-state index in [0.717, 1.165) is 17.0 Å². The first kappa shape index (κ1) is 50.6. The summed E-state index contributed by atoms with van der Waals surface area (Å²) in [5, 5.41) is 103. The van der Waals surface area contributed by atoms with Crippen molar-refractivity contribution in [3.8, 4) is 34.1 Å². The number of methoxy groups -OCH3 is 1. The number of phenols is 3. The standard InChI is InChI=1S/C48H51N3O20/c1-17-10-24-31(38(58)28(17)44(62)50-25(14-49)45(63)64)30-22(13-23-32(39(30)59)35(55)21-11-20(66-4)12-26(52)29(21)34(23)54)36(56)42(24)70-47-41(61)43(71-46-40(60)37(57)27(53)16-67-46)33(18(2)69-47)51(3)48(65)68-15-19-8-6-5-7-9-19/h5-13,18,25,27,33,36-37,40-43,46-47,52-53,56-61H,14-16,49H2,1-4H3,(H,50,62)(H,63,64)/t18-,25-,27-,33+,36+,37+,40-,41-,42+,43+,46+,47+/m1/s1. The summed E-state index contributed by atoms with van der Waals surface area (Å²) in [6.07, 6.45) is -18.4. The molecule has 2 heterocycles. The van der Waals surface area contributed by atoms with Gasteiger partial charge in [-0.25, -0.2) is 9.59 Å². The number of rotatable bonds is 12. The van der Waals surface area contributed by atoms with Gasteiger partial charge in [-0.2, -0.15) is 0 Å². The van der Waals surface area contributed by atoms with E-state index in [2.05, 4.69) is 5.32 Å². The second-order valence-electron chi connectivity index (χ2n) is 17.5. The Morgan fingerprint density at radius 3 is 2.17 bits per heavy atom. The quantitative estimate of drug-likeness (QED) is 0.0804. The van der Waals surface area contributed by atoms with E-state index in [1.54, 1.807) is 30.3 Å². The molecule has 2 fully saturated rings. The van der Waals surface area contributed by atoms with Crippen LogP contribution in [0, 0.1) is 6.92 Å². The van der Waals surface area contributed by atoms with Crippen LogP contribution in [0.1, 0.15) is 83.6 Å². The number of ether oxygens (including phenoxy) is 6. The van der Waals surface area contributed by atoms with E-state index >= 15 is 0 Å². The average Bonchev–Trinajstić information content (AvgIpc) is 3.33. The smallest absolute Gasteiger partial charge is 0.410 e. The number of hydrogen-bond donors (Lipinski definition) is 11. The summed E-state index contributed by atoms with van der Waals surface area (Å²) in [6.45, 7) is 1.56. The van der Waals surface area contributed by atoms with Crippen molar-refractivity contribution in [2.24, 2.45) is 5.73 Å². The number of hydrogen-bond acceptors (Lipinski definition) is 20. The van der Waals surface area contributed by atoms with Gasteiger partial charge in [0.25, 0.3) is 5.91 Å². The summed E-state index contributed by atoms with van der Waals surface area (Å²) >= 11 is 0. The molecular formula is C48H51N3O20. The molecule has 71 heavy (non-hydrogen) atoms. The molecule has 2 aliphatic heterocycles. The van der Waals surface area contributed by atoms with Crippen molar-refractivity contribution in [3.05, 3.63) is 105 Å². The van der Waals surface area contributed by atoms with E-state index in [4.69, 9.17) is 34.2 Å². The lowest BCUT2D eigenvalue weighted by molar-refractivity contribution is -0.344. The maximum atomic E-state index is 14.2. The fourth-order valence-electron chi connectivity index (χ4n) is 9.48. The van der Waals surface area contributed by atoms with Gasteiger partial charge in [0, 0.05) is 41.9 Å². The number of aliphatic carboxylic acids is 1. The van der Waals surface area contributed by atoms with E-state index in [0.29, 0.717) is 5.56 Å². The number of amides is 2. The molecule has 0 unspecified atom stereocenters. The van der Waals surface area contributed by atoms with Crippen LogP contribution in [-0.4, -0.2) is 169 Å². The third-order valence-electron chi connectivity index (χ3n) is 13.1. The topological polar surface area (TPSA) is 364 Å². The van der Waals surface area contributed by atoms with Gasteiger partial charge in [0.2, 0.25) is 0 Å². The lowest BCUT2D eigenvalue weighted by Gasteiger charge is -2.49. The number of carboxylic acid groups (broad SMARTS) is 1. The Labute approximate surface area is 403 Å². The zero-order chi connectivity index (χ0) is 51.5. The Morgan fingerprint density at radius 1 is 0.845 bits per heavy atom. The minimum Gasteiger partial charge on any atom is -0.507 e. The molecule has 2 saturated heterocycles. The molecule has 0 bridgehead atoms. The number of aliphatic hydroxyl groups excluding tert-OH is 5. The van der Waals surface area contributed by atoms with Crippen LogP contribution in [0.15, 0.2) is 54.6 Å². The number of phenolic OH excluding ortho intramolecular Hbond substituents is 3. The molecule has 0 saturated carbocycles. The summed E-state index contributed by atoms with van der Waals surface area (Å²) < 4.78 is 35.0. The SMILES string of the molecule is COc1cc(O)c2c(c1)C(=O)c1c(cc3c(c1O)-c1c(cc(C)c(C(=O)N[C@H](CN)C(=O)O)c1O)[C@H](O[C@@H]1O[C@H](C)[C@H](N(C)C(=O)OCc4ccccc4)[C@H](O[C@@H]4OC[C@@H](O)[C@H](O)[C@H]4O)[C@H]1O)[C@H]3O)C2=O. The number of carbonyl (C=O) groups excluding carboxylic acids is 4. The molecule has 0 aromatic heterocycles. The van der Waals surface area contributed by atoms with Crippen molar-refractivity contribution < 1.29 is 98.4 Å². The first-order valence-corrected chi connectivity index (χ1v) is 22.1. The van der Waals surface area contributed by atoms with Crippen molar-refractivity contribution in [2.45, 2.75) is 93.9 Å². The number of carbonyl (C=O) groups is 5. The first-order chi connectivity index (χ1) is 33.7. The first-order valence-electron chi connectivity index (χ1n) is 22.1. The normalized spacial score (nSPS) is 27.0. The largest absolute Gasteiger partial charge is 0.507 e. The van der Waals surface area contributed by atoms with Crippen LogP contribution in [-0.2, 0) is 35.1 Å². The minimum atomic E-state index is -2.02. The minimum absolute atomic E-state index is 0.0150. The molecule has 0 radical (unpaired) electrons. The third kappa shape index (κ3) is 8.90. The fraction of sp³-hybridized carbons (Fsp3) is 0.396. The molecule has 0 spiro atoms. The summed E-state index contributed by atoms with van der Waals surface area (Å²) in [7, 11) is 2.56. The lowest BCUT2D eigenvalue weighted by atomic mass is 9.74. The number of fused-ring (bicyclic) bond motifs is 5. The highest BCUT2D eigenvalue weighted by Crippen LogP contribution is 2.57. The number of ketones is 2. The highest BCUT2D eigenvalue weighted by molar-refractivity contribution is 6.31. The zero-order valence-corrected chi connectivity index (χ0v) is 38.3. The number of carboxylic acids is 1. The van der Waals surface area contributed by atoms with Crippen LogP contribution >= 0.6 is 0 Å². The predicted octanol–water partition coefficient (Wildman–Crippen LogP) is 0.376. The molecule has 8 rings (SSSR count). The molecule has 4 aliphatic rings. The van der Waals surface area contributed by atoms with Gasteiger partial charge in [0.05, 0.1) is 42.6 Å². The van der Waals surface area contributed by atoms with Gasteiger partial charge >= 0.3 is 12.1 Å². The molecule has 4 aromatic carbocycles. The number of benzene rings is 4. The summed E-state index contributed by atoms with van der Waals surface area (Å²) in [5.74, 6) is -7.15.